The van der Waals surface area contributed by atoms with Crippen LogP contribution in [0, 0.1) is 5.92 Å². The molecule has 0 aromatic heterocycles. The van der Waals surface area contributed by atoms with Crippen LogP contribution < -0.4 is 0 Å². The number of amides is 2. The van der Waals surface area contributed by atoms with Crippen molar-refractivity contribution in [2.24, 2.45) is 5.92 Å². The van der Waals surface area contributed by atoms with E-state index in [2.05, 4.69) is 0 Å². The average Bonchev–Trinajstić information content (AvgIpc) is 3.06. The second kappa shape index (κ2) is 8.76. The van der Waals surface area contributed by atoms with Gasteiger partial charge in [-0.15, -0.1) is 0 Å². The quantitative estimate of drug-likeness (QED) is 0.579. The SMILES string of the molecule is C/C=C/C=C/C(=O)N1CCN(C(=O)CCC2CCCC2)CC1. The van der Waals surface area contributed by atoms with Crippen LogP contribution in [0.5, 0.6) is 0 Å². The molecule has 0 N–H and O–H groups in total. The van der Waals surface area contributed by atoms with Crippen molar-refractivity contribution in [3.63, 3.8) is 0 Å². The van der Waals surface area contributed by atoms with E-state index in [4.69, 9.17) is 0 Å². The van der Waals surface area contributed by atoms with Gasteiger partial charge in [-0.25, -0.2) is 0 Å². The fourth-order valence-corrected chi connectivity index (χ4v) is 3.32. The molecule has 1 aliphatic heterocycles. The highest BCUT2D eigenvalue weighted by atomic mass is 16.2. The molecule has 122 valence electrons. The minimum absolute atomic E-state index is 0.0381. The zero-order valence-corrected chi connectivity index (χ0v) is 13.7. The van der Waals surface area contributed by atoms with Gasteiger partial charge < -0.3 is 9.80 Å². The number of hydrogen-bond acceptors (Lipinski definition) is 2. The van der Waals surface area contributed by atoms with Crippen molar-refractivity contribution < 1.29 is 9.59 Å². The van der Waals surface area contributed by atoms with Gasteiger partial charge >= 0.3 is 0 Å². The van der Waals surface area contributed by atoms with Crippen LogP contribution in [0.2, 0.25) is 0 Å². The molecule has 0 aromatic carbocycles. The smallest absolute Gasteiger partial charge is 0.246 e. The molecule has 1 heterocycles. The van der Waals surface area contributed by atoms with Gasteiger partial charge in [0.1, 0.15) is 0 Å². The summed E-state index contributed by atoms with van der Waals surface area (Å²) in [6.45, 7) is 4.56. The molecule has 0 atom stereocenters. The van der Waals surface area contributed by atoms with Gasteiger partial charge in [0.05, 0.1) is 0 Å². The van der Waals surface area contributed by atoms with Crippen molar-refractivity contribution in [3.8, 4) is 0 Å². The number of nitrogens with zero attached hydrogens (tertiary/aromatic N) is 2. The van der Waals surface area contributed by atoms with Crippen LogP contribution in [-0.2, 0) is 9.59 Å². The third-order valence-corrected chi connectivity index (χ3v) is 4.73. The summed E-state index contributed by atoms with van der Waals surface area (Å²) in [5.74, 6) is 1.07. The van der Waals surface area contributed by atoms with Gasteiger partial charge in [0.25, 0.3) is 0 Å². The van der Waals surface area contributed by atoms with E-state index < -0.39 is 0 Å². The first-order valence-electron chi connectivity index (χ1n) is 8.56. The highest BCUT2D eigenvalue weighted by molar-refractivity contribution is 5.88. The molecule has 22 heavy (non-hydrogen) atoms. The number of carbonyl (C=O) groups excluding carboxylic acids is 2. The fraction of sp³-hybridized carbons (Fsp3) is 0.667. The van der Waals surface area contributed by atoms with E-state index in [1.54, 1.807) is 12.2 Å². The molecule has 4 heteroatoms. The normalized spacial score (nSPS) is 20.4. The highest BCUT2D eigenvalue weighted by Crippen LogP contribution is 2.28. The van der Waals surface area contributed by atoms with Crippen LogP contribution in [0.1, 0.15) is 45.4 Å². The summed E-state index contributed by atoms with van der Waals surface area (Å²) in [5.41, 5.74) is 0. The molecular formula is C18H28N2O2. The van der Waals surface area contributed by atoms with Crippen molar-refractivity contribution >= 4 is 11.8 Å². The molecule has 2 amide bonds. The first-order chi connectivity index (χ1) is 10.7. The molecule has 0 unspecified atom stereocenters. The molecular weight excluding hydrogens is 276 g/mol. The number of rotatable bonds is 5. The number of carbonyl (C=O) groups is 2. The Morgan fingerprint density at radius 2 is 1.64 bits per heavy atom. The van der Waals surface area contributed by atoms with Gasteiger partial charge in [-0.2, -0.15) is 0 Å². The average molecular weight is 304 g/mol. The highest BCUT2D eigenvalue weighted by Gasteiger charge is 2.24. The molecule has 2 fully saturated rings. The number of hydrogen-bond donors (Lipinski definition) is 0. The summed E-state index contributed by atoms with van der Waals surface area (Å²) in [6.07, 6.45) is 14.1. The molecule has 4 nitrogen and oxygen atoms in total. The summed E-state index contributed by atoms with van der Waals surface area (Å²) >= 11 is 0. The maximum Gasteiger partial charge on any atom is 0.246 e. The summed E-state index contributed by atoms with van der Waals surface area (Å²) in [4.78, 5) is 27.9. The summed E-state index contributed by atoms with van der Waals surface area (Å²) in [5, 5.41) is 0. The van der Waals surface area contributed by atoms with Crippen molar-refractivity contribution in [2.45, 2.75) is 45.4 Å². The summed E-state index contributed by atoms with van der Waals surface area (Å²) in [7, 11) is 0. The molecule has 0 spiro atoms. The minimum atomic E-state index is 0.0381. The fourth-order valence-electron chi connectivity index (χ4n) is 3.32. The zero-order valence-electron chi connectivity index (χ0n) is 13.7. The van der Waals surface area contributed by atoms with E-state index in [-0.39, 0.29) is 11.8 Å². The maximum absolute atomic E-state index is 12.2. The van der Waals surface area contributed by atoms with Crippen molar-refractivity contribution in [1.29, 1.82) is 0 Å². The van der Waals surface area contributed by atoms with Gasteiger partial charge in [0.15, 0.2) is 0 Å². The van der Waals surface area contributed by atoms with Crippen molar-refractivity contribution in [1.82, 2.24) is 9.80 Å². The number of piperazine rings is 1. The Hall–Kier alpha value is -1.58. The predicted octanol–water partition coefficient (Wildman–Crippen LogP) is 2.76. The van der Waals surface area contributed by atoms with E-state index in [1.165, 1.54) is 25.7 Å². The molecule has 2 rings (SSSR count). The minimum Gasteiger partial charge on any atom is -0.339 e. The van der Waals surface area contributed by atoms with Crippen molar-refractivity contribution in [3.05, 3.63) is 24.3 Å². The third-order valence-electron chi connectivity index (χ3n) is 4.73. The van der Waals surface area contributed by atoms with Crippen LogP contribution in [-0.4, -0.2) is 47.8 Å². The van der Waals surface area contributed by atoms with E-state index in [9.17, 15) is 9.59 Å². The topological polar surface area (TPSA) is 40.6 Å². The lowest BCUT2D eigenvalue weighted by atomic mass is 10.0. The van der Waals surface area contributed by atoms with Gasteiger partial charge in [0.2, 0.25) is 11.8 Å². The zero-order chi connectivity index (χ0) is 15.8. The Labute approximate surface area is 133 Å². The molecule has 0 bridgehead atoms. The largest absolute Gasteiger partial charge is 0.339 e. The van der Waals surface area contributed by atoms with E-state index in [0.717, 1.165) is 12.3 Å². The Morgan fingerprint density at radius 3 is 2.27 bits per heavy atom. The lowest BCUT2D eigenvalue weighted by molar-refractivity contribution is -0.137. The first-order valence-corrected chi connectivity index (χ1v) is 8.56. The van der Waals surface area contributed by atoms with Gasteiger partial charge in [0, 0.05) is 38.7 Å². The molecule has 0 aromatic rings. The molecule has 2 aliphatic rings. The summed E-state index contributed by atoms with van der Waals surface area (Å²) in [6, 6.07) is 0. The first kappa shape index (κ1) is 16.8. The molecule has 1 aliphatic carbocycles. The van der Waals surface area contributed by atoms with Crippen molar-refractivity contribution in [2.75, 3.05) is 26.2 Å². The number of allylic oxidation sites excluding steroid dienone is 3. The molecule has 1 saturated carbocycles. The van der Waals surface area contributed by atoms with Gasteiger partial charge in [-0.1, -0.05) is 43.9 Å². The molecule has 0 radical (unpaired) electrons. The Morgan fingerprint density at radius 1 is 1.00 bits per heavy atom. The predicted molar refractivity (Wildman–Crippen MR) is 88.3 cm³/mol. The van der Waals surface area contributed by atoms with Gasteiger partial charge in [-0.3, -0.25) is 9.59 Å². The lowest BCUT2D eigenvalue weighted by Crippen LogP contribution is -2.50. The van der Waals surface area contributed by atoms with E-state index >= 15 is 0 Å². The molecule has 1 saturated heterocycles. The maximum atomic E-state index is 12.2. The van der Waals surface area contributed by atoms with E-state index in [0.29, 0.717) is 32.6 Å². The lowest BCUT2D eigenvalue weighted by Gasteiger charge is -2.34. The van der Waals surface area contributed by atoms with Crippen LogP contribution in [0.4, 0.5) is 0 Å². The van der Waals surface area contributed by atoms with Crippen LogP contribution >= 0.6 is 0 Å². The van der Waals surface area contributed by atoms with E-state index in [1.807, 2.05) is 28.9 Å². The second-order valence-electron chi connectivity index (χ2n) is 6.28. The standard InChI is InChI=1S/C18H28N2O2/c1-2-3-4-9-17(21)19-12-14-20(15-13-19)18(22)11-10-16-7-5-6-8-16/h2-4,9,16H,5-8,10-15H2,1H3/b3-2+,9-4+. The Bertz CT molecular complexity index is 428. The monoisotopic (exact) mass is 304 g/mol. The second-order valence-corrected chi connectivity index (χ2v) is 6.28. The van der Waals surface area contributed by atoms with Crippen LogP contribution in [0.15, 0.2) is 24.3 Å². The Kier molecular flexibility index (Phi) is 6.69. The van der Waals surface area contributed by atoms with Crippen LogP contribution in [0.3, 0.4) is 0 Å². The van der Waals surface area contributed by atoms with Crippen LogP contribution in [0.25, 0.3) is 0 Å². The Balaban J connectivity index is 1.69. The third kappa shape index (κ3) is 5.00. The van der Waals surface area contributed by atoms with Gasteiger partial charge in [-0.05, 0) is 19.3 Å². The summed E-state index contributed by atoms with van der Waals surface area (Å²) < 4.78 is 0.